The Labute approximate surface area is 92.7 Å². The van der Waals surface area contributed by atoms with E-state index in [-0.39, 0.29) is 18.2 Å². The summed E-state index contributed by atoms with van der Waals surface area (Å²) in [6.07, 6.45) is 2.74. The van der Waals surface area contributed by atoms with Gasteiger partial charge in [-0.1, -0.05) is 5.16 Å². The SMILES string of the molecule is COC(=O)CCc1onc2c1C(=O)CCC2. The Bertz CT molecular complexity index is 422. The summed E-state index contributed by atoms with van der Waals surface area (Å²) in [6.45, 7) is 0. The van der Waals surface area contributed by atoms with Gasteiger partial charge in [-0.3, -0.25) is 9.59 Å². The zero-order valence-corrected chi connectivity index (χ0v) is 9.12. The summed E-state index contributed by atoms with van der Waals surface area (Å²) in [6, 6.07) is 0. The van der Waals surface area contributed by atoms with E-state index in [0.29, 0.717) is 24.2 Å². The number of ether oxygens (including phenoxy) is 1. The normalized spacial score (nSPS) is 14.7. The van der Waals surface area contributed by atoms with E-state index in [1.807, 2.05) is 0 Å². The Morgan fingerprint density at radius 2 is 2.31 bits per heavy atom. The summed E-state index contributed by atoms with van der Waals surface area (Å²) in [7, 11) is 1.34. The maximum absolute atomic E-state index is 11.7. The molecule has 0 aliphatic heterocycles. The first-order chi connectivity index (χ1) is 7.72. The highest BCUT2D eigenvalue weighted by Gasteiger charge is 2.26. The number of aryl methyl sites for hydroxylation is 2. The zero-order valence-electron chi connectivity index (χ0n) is 9.12. The zero-order chi connectivity index (χ0) is 11.5. The highest BCUT2D eigenvalue weighted by atomic mass is 16.5. The van der Waals surface area contributed by atoms with Gasteiger partial charge in [0.1, 0.15) is 5.76 Å². The first-order valence-corrected chi connectivity index (χ1v) is 5.30. The first-order valence-electron chi connectivity index (χ1n) is 5.30. The van der Waals surface area contributed by atoms with Crippen LogP contribution in [0.5, 0.6) is 0 Å². The minimum Gasteiger partial charge on any atom is -0.469 e. The summed E-state index contributed by atoms with van der Waals surface area (Å²) in [5.41, 5.74) is 1.33. The average Bonchev–Trinajstić information content (AvgIpc) is 2.70. The van der Waals surface area contributed by atoms with Crippen LogP contribution in [0.15, 0.2) is 4.52 Å². The van der Waals surface area contributed by atoms with Crippen LogP contribution in [0.25, 0.3) is 0 Å². The largest absolute Gasteiger partial charge is 0.469 e. The third-order valence-electron chi connectivity index (χ3n) is 2.71. The molecule has 1 aliphatic carbocycles. The number of carbonyl (C=O) groups is 2. The number of ketones is 1. The minimum absolute atomic E-state index is 0.0716. The van der Waals surface area contributed by atoms with Crippen LogP contribution in [0.2, 0.25) is 0 Å². The molecule has 0 saturated heterocycles. The molecular weight excluding hydrogens is 210 g/mol. The summed E-state index contributed by atoms with van der Waals surface area (Å²) < 4.78 is 9.64. The monoisotopic (exact) mass is 223 g/mol. The number of hydrogen-bond acceptors (Lipinski definition) is 5. The second kappa shape index (κ2) is 4.47. The van der Waals surface area contributed by atoms with Gasteiger partial charge in [0.15, 0.2) is 5.78 Å². The summed E-state index contributed by atoms with van der Waals surface area (Å²) >= 11 is 0. The molecule has 1 heterocycles. The first kappa shape index (κ1) is 10.9. The molecule has 0 atom stereocenters. The van der Waals surface area contributed by atoms with Crippen molar-refractivity contribution in [2.75, 3.05) is 7.11 Å². The third kappa shape index (κ3) is 1.98. The number of methoxy groups -OCH3 is 1. The van der Waals surface area contributed by atoms with Crippen LogP contribution in [0.3, 0.4) is 0 Å². The average molecular weight is 223 g/mol. The Morgan fingerprint density at radius 3 is 3.06 bits per heavy atom. The molecular formula is C11H13NO4. The van der Waals surface area contributed by atoms with E-state index in [2.05, 4.69) is 9.89 Å². The van der Waals surface area contributed by atoms with Crippen LogP contribution in [0, 0.1) is 0 Å². The van der Waals surface area contributed by atoms with Gasteiger partial charge >= 0.3 is 5.97 Å². The standard InChI is InChI=1S/C11H13NO4/c1-15-10(14)6-5-9-11-7(12-16-9)3-2-4-8(11)13/h2-6H2,1H3. The van der Waals surface area contributed by atoms with Crippen molar-refractivity contribution in [2.45, 2.75) is 32.1 Å². The highest BCUT2D eigenvalue weighted by Crippen LogP contribution is 2.24. The maximum atomic E-state index is 11.7. The fourth-order valence-electron chi connectivity index (χ4n) is 1.88. The van der Waals surface area contributed by atoms with Gasteiger partial charge in [0, 0.05) is 12.8 Å². The molecule has 2 rings (SSSR count). The van der Waals surface area contributed by atoms with Crippen molar-refractivity contribution in [1.82, 2.24) is 5.16 Å². The molecule has 0 radical (unpaired) electrons. The van der Waals surface area contributed by atoms with Crippen molar-refractivity contribution in [2.24, 2.45) is 0 Å². The van der Waals surface area contributed by atoms with Crippen molar-refractivity contribution in [3.63, 3.8) is 0 Å². The molecule has 5 nitrogen and oxygen atoms in total. The van der Waals surface area contributed by atoms with Gasteiger partial charge in [-0.2, -0.15) is 0 Å². The number of nitrogens with zero attached hydrogens (tertiary/aromatic N) is 1. The predicted molar refractivity (Wildman–Crippen MR) is 54.1 cm³/mol. The van der Waals surface area contributed by atoms with Crippen LogP contribution >= 0.6 is 0 Å². The lowest BCUT2D eigenvalue weighted by Gasteiger charge is -2.07. The van der Waals surface area contributed by atoms with Crippen molar-refractivity contribution >= 4 is 11.8 Å². The molecule has 0 spiro atoms. The number of carbonyl (C=O) groups excluding carboxylic acids is 2. The summed E-state index contributed by atoms with van der Waals surface area (Å²) in [5, 5.41) is 3.86. The molecule has 0 unspecified atom stereocenters. The lowest BCUT2D eigenvalue weighted by molar-refractivity contribution is -0.140. The topological polar surface area (TPSA) is 69.4 Å². The van der Waals surface area contributed by atoms with Crippen LogP contribution in [-0.2, 0) is 22.4 Å². The lowest BCUT2D eigenvalue weighted by atomic mass is 9.94. The number of aromatic nitrogens is 1. The van der Waals surface area contributed by atoms with E-state index in [1.54, 1.807) is 0 Å². The van der Waals surface area contributed by atoms with Crippen molar-refractivity contribution in [3.8, 4) is 0 Å². The number of esters is 1. The molecule has 0 amide bonds. The molecule has 0 bridgehead atoms. The van der Waals surface area contributed by atoms with E-state index >= 15 is 0 Å². The van der Waals surface area contributed by atoms with Crippen LogP contribution in [0.4, 0.5) is 0 Å². The van der Waals surface area contributed by atoms with Crippen molar-refractivity contribution < 1.29 is 18.8 Å². The highest BCUT2D eigenvalue weighted by molar-refractivity contribution is 5.98. The maximum Gasteiger partial charge on any atom is 0.305 e. The quantitative estimate of drug-likeness (QED) is 0.722. The van der Waals surface area contributed by atoms with Gasteiger partial charge in [-0.05, 0) is 12.8 Å². The molecule has 1 aromatic heterocycles. The van der Waals surface area contributed by atoms with E-state index in [1.165, 1.54) is 7.11 Å². The third-order valence-corrected chi connectivity index (χ3v) is 2.71. The fourth-order valence-corrected chi connectivity index (χ4v) is 1.88. The van der Waals surface area contributed by atoms with E-state index in [9.17, 15) is 9.59 Å². The molecule has 5 heteroatoms. The Hall–Kier alpha value is -1.65. The molecule has 0 aromatic carbocycles. The summed E-state index contributed by atoms with van der Waals surface area (Å²) in [5.74, 6) is 0.279. The van der Waals surface area contributed by atoms with E-state index < -0.39 is 0 Å². The molecule has 16 heavy (non-hydrogen) atoms. The molecule has 0 N–H and O–H groups in total. The molecule has 86 valence electrons. The van der Waals surface area contributed by atoms with Gasteiger partial charge in [0.05, 0.1) is 24.8 Å². The van der Waals surface area contributed by atoms with Crippen LogP contribution in [-0.4, -0.2) is 24.0 Å². The second-order valence-electron chi connectivity index (χ2n) is 3.78. The summed E-state index contributed by atoms with van der Waals surface area (Å²) in [4.78, 5) is 22.7. The Balaban J connectivity index is 2.13. The number of fused-ring (bicyclic) bond motifs is 1. The van der Waals surface area contributed by atoms with Gasteiger partial charge < -0.3 is 9.26 Å². The predicted octanol–water partition coefficient (Wildman–Crippen LogP) is 1.30. The van der Waals surface area contributed by atoms with Crippen molar-refractivity contribution in [1.29, 1.82) is 0 Å². The van der Waals surface area contributed by atoms with Gasteiger partial charge in [-0.25, -0.2) is 0 Å². The number of Topliss-reactive ketones (excluding diaryl/α,β-unsaturated/α-hetero) is 1. The Morgan fingerprint density at radius 1 is 1.50 bits per heavy atom. The van der Waals surface area contributed by atoms with Gasteiger partial charge in [-0.15, -0.1) is 0 Å². The van der Waals surface area contributed by atoms with E-state index in [0.717, 1.165) is 18.5 Å². The lowest BCUT2D eigenvalue weighted by Crippen LogP contribution is -2.12. The fraction of sp³-hybridized carbons (Fsp3) is 0.545. The molecule has 1 aliphatic rings. The van der Waals surface area contributed by atoms with Crippen molar-refractivity contribution in [3.05, 3.63) is 17.0 Å². The minimum atomic E-state index is -0.312. The molecule has 1 aromatic rings. The van der Waals surface area contributed by atoms with Crippen LogP contribution in [0.1, 0.15) is 41.1 Å². The molecule has 0 saturated carbocycles. The van der Waals surface area contributed by atoms with Gasteiger partial charge in [0.25, 0.3) is 0 Å². The van der Waals surface area contributed by atoms with E-state index in [4.69, 9.17) is 4.52 Å². The Kier molecular flexibility index (Phi) is 3.03. The molecule has 0 fully saturated rings. The van der Waals surface area contributed by atoms with Crippen LogP contribution < -0.4 is 0 Å². The second-order valence-corrected chi connectivity index (χ2v) is 3.78. The number of hydrogen-bond donors (Lipinski definition) is 0. The smallest absolute Gasteiger partial charge is 0.305 e. The van der Waals surface area contributed by atoms with Gasteiger partial charge in [0.2, 0.25) is 0 Å². The number of rotatable bonds is 3.